The lowest BCUT2D eigenvalue weighted by Gasteiger charge is -2.32. The van der Waals surface area contributed by atoms with E-state index < -0.39 is 25.2 Å². The van der Waals surface area contributed by atoms with Crippen molar-refractivity contribution in [3.05, 3.63) is 57.9 Å². The van der Waals surface area contributed by atoms with Gasteiger partial charge in [-0.3, -0.25) is 4.79 Å². The largest absolute Gasteiger partial charge is 0.466 e. The van der Waals surface area contributed by atoms with Crippen molar-refractivity contribution in [2.24, 2.45) is 0 Å². The van der Waals surface area contributed by atoms with Gasteiger partial charge in [0.25, 0.3) is 0 Å². The number of aliphatic hydroxyl groups excluding tert-OH is 1. The molecule has 1 aliphatic heterocycles. The number of aliphatic hydroxyl groups is 1. The Morgan fingerprint density at radius 1 is 1.19 bits per heavy atom. The number of hydrogen-bond donors (Lipinski definition) is 2. The van der Waals surface area contributed by atoms with Crippen LogP contribution in [0.4, 0.5) is 4.39 Å². The second-order valence-corrected chi connectivity index (χ2v) is 6.59. The van der Waals surface area contributed by atoms with Gasteiger partial charge in [-0.2, -0.15) is 0 Å². The van der Waals surface area contributed by atoms with Crippen molar-refractivity contribution < 1.29 is 23.8 Å². The van der Waals surface area contributed by atoms with Crippen molar-refractivity contribution in [2.45, 2.75) is 31.6 Å². The first-order valence-corrected chi connectivity index (χ1v) is 8.61. The molecule has 1 atom stereocenters. The number of ketones is 1. The highest BCUT2D eigenvalue weighted by Crippen LogP contribution is 2.47. The number of methoxy groups -OCH3 is 1. The van der Waals surface area contributed by atoms with Gasteiger partial charge in [-0.05, 0) is 36.8 Å². The fourth-order valence-electron chi connectivity index (χ4n) is 3.66. The summed E-state index contributed by atoms with van der Waals surface area (Å²) in [7, 11) is 1.23. The molecule has 3 rings (SSSR count). The molecule has 0 amide bonds. The summed E-state index contributed by atoms with van der Waals surface area (Å²) in [5, 5.41) is 12.5. The van der Waals surface area contributed by atoms with Crippen LogP contribution in [0.1, 0.15) is 42.7 Å². The van der Waals surface area contributed by atoms with Crippen LogP contribution in [0.15, 0.2) is 46.8 Å². The van der Waals surface area contributed by atoms with E-state index in [1.807, 2.05) is 24.3 Å². The molecule has 1 saturated carbocycles. The molecule has 1 fully saturated rings. The molecule has 0 bridgehead atoms. The van der Waals surface area contributed by atoms with Gasteiger partial charge in [0, 0.05) is 17.2 Å². The average molecular weight is 359 g/mol. The van der Waals surface area contributed by atoms with E-state index in [0.29, 0.717) is 5.92 Å². The number of benzene rings is 1. The zero-order valence-electron chi connectivity index (χ0n) is 14.8. The predicted molar refractivity (Wildman–Crippen MR) is 94.1 cm³/mol. The maximum absolute atomic E-state index is 13.7. The topological polar surface area (TPSA) is 75.6 Å². The van der Waals surface area contributed by atoms with Gasteiger partial charge in [0.1, 0.15) is 6.67 Å². The molecule has 2 N–H and O–H groups in total. The maximum atomic E-state index is 13.7. The first-order chi connectivity index (χ1) is 12.5. The molecule has 0 spiro atoms. The van der Waals surface area contributed by atoms with E-state index in [9.17, 15) is 19.1 Å². The Bertz CT molecular complexity index is 808. The van der Waals surface area contributed by atoms with Gasteiger partial charge in [0.15, 0.2) is 5.78 Å². The van der Waals surface area contributed by atoms with E-state index in [2.05, 4.69) is 5.32 Å². The van der Waals surface area contributed by atoms with E-state index in [-0.39, 0.29) is 28.3 Å². The summed E-state index contributed by atoms with van der Waals surface area (Å²) in [4.78, 5) is 24.9. The first kappa shape index (κ1) is 18.3. The number of allylic oxidation sites excluding steroid dienone is 2. The van der Waals surface area contributed by atoms with Crippen molar-refractivity contribution in [2.75, 3.05) is 20.4 Å². The molecule has 2 aliphatic rings. The number of halogens is 1. The molecule has 0 radical (unpaired) electrons. The Hall–Kier alpha value is -2.47. The number of hydrogen-bond acceptors (Lipinski definition) is 5. The van der Waals surface area contributed by atoms with Gasteiger partial charge in [-0.25, -0.2) is 9.18 Å². The summed E-state index contributed by atoms with van der Waals surface area (Å²) in [6, 6.07) is 7.60. The van der Waals surface area contributed by atoms with Gasteiger partial charge in [-0.1, -0.05) is 24.3 Å². The molecule has 0 saturated heterocycles. The van der Waals surface area contributed by atoms with Crippen LogP contribution < -0.4 is 5.32 Å². The molecule has 6 heteroatoms. The number of Topliss-reactive ketones (excluding diaryl/α,β-unsaturated/α-hetero) is 1. The lowest BCUT2D eigenvalue weighted by atomic mass is 9.76. The quantitative estimate of drug-likeness (QED) is 0.763. The molecule has 1 aromatic rings. The minimum absolute atomic E-state index is 0.0292. The van der Waals surface area contributed by atoms with Crippen LogP contribution in [0.25, 0.3) is 0 Å². The highest BCUT2D eigenvalue weighted by molar-refractivity contribution is 6.02. The van der Waals surface area contributed by atoms with Crippen LogP contribution in [0.3, 0.4) is 0 Å². The Kier molecular flexibility index (Phi) is 5.23. The number of ether oxygens (including phenoxy) is 1. The van der Waals surface area contributed by atoms with Crippen molar-refractivity contribution in [1.82, 2.24) is 5.32 Å². The first-order valence-electron chi connectivity index (χ1n) is 8.61. The molecule has 0 aromatic heterocycles. The molecule has 138 valence electrons. The maximum Gasteiger partial charge on any atom is 0.336 e. The van der Waals surface area contributed by atoms with Gasteiger partial charge >= 0.3 is 5.97 Å². The third kappa shape index (κ3) is 3.17. The zero-order chi connectivity index (χ0) is 18.8. The third-order valence-electron chi connectivity index (χ3n) is 4.93. The number of esters is 1. The smallest absolute Gasteiger partial charge is 0.336 e. The van der Waals surface area contributed by atoms with Crippen LogP contribution in [0.5, 0.6) is 0 Å². The van der Waals surface area contributed by atoms with Crippen LogP contribution in [-0.4, -0.2) is 37.3 Å². The Labute approximate surface area is 151 Å². The highest BCUT2D eigenvalue weighted by Gasteiger charge is 2.40. The summed E-state index contributed by atoms with van der Waals surface area (Å²) in [5.41, 5.74) is 2.47. The Morgan fingerprint density at radius 2 is 1.85 bits per heavy atom. The lowest BCUT2D eigenvalue weighted by Crippen LogP contribution is -2.35. The summed E-state index contributed by atoms with van der Waals surface area (Å²) in [5.74, 6) is -1.35. The zero-order valence-corrected chi connectivity index (χ0v) is 14.8. The number of dihydropyridines is 1. The van der Waals surface area contributed by atoms with E-state index in [4.69, 9.17) is 4.74 Å². The van der Waals surface area contributed by atoms with Crippen LogP contribution in [0.2, 0.25) is 0 Å². The van der Waals surface area contributed by atoms with Crippen molar-refractivity contribution in [1.29, 1.82) is 0 Å². The van der Waals surface area contributed by atoms with E-state index >= 15 is 0 Å². The second kappa shape index (κ2) is 7.41. The number of carbonyl (C=O) groups excluding carboxylic acids is 2. The SMILES string of the molecule is COC(=O)C1=C(CF)NC(CO)=C(C(C)=O)[C@H]1c1ccccc1C1CC1. The third-order valence-corrected chi connectivity index (χ3v) is 4.93. The van der Waals surface area contributed by atoms with Gasteiger partial charge < -0.3 is 15.2 Å². The number of nitrogens with one attached hydrogen (secondary N) is 1. The fraction of sp³-hybridized carbons (Fsp3) is 0.400. The number of carbonyl (C=O) groups is 2. The minimum Gasteiger partial charge on any atom is -0.466 e. The highest BCUT2D eigenvalue weighted by atomic mass is 19.1. The fourth-order valence-corrected chi connectivity index (χ4v) is 3.66. The number of rotatable bonds is 6. The number of alkyl halides is 1. The lowest BCUT2D eigenvalue weighted by molar-refractivity contribution is -0.136. The molecule has 5 nitrogen and oxygen atoms in total. The Balaban J connectivity index is 2.27. The standard InChI is InChI=1S/C20H22FNO4/c1-11(24)17-16(10-23)22-15(9-21)19(20(25)26-2)18(17)14-6-4-3-5-13(14)12-7-8-12/h3-6,12,18,22-23H,7-10H2,1-2H3/t18-/m1/s1. The van der Waals surface area contributed by atoms with Crippen LogP contribution in [-0.2, 0) is 14.3 Å². The molecular formula is C20H22FNO4. The predicted octanol–water partition coefficient (Wildman–Crippen LogP) is 2.48. The molecule has 1 heterocycles. The van der Waals surface area contributed by atoms with Gasteiger partial charge in [0.2, 0.25) is 0 Å². The summed E-state index contributed by atoms with van der Waals surface area (Å²) in [6.07, 6.45) is 2.09. The van der Waals surface area contributed by atoms with E-state index in [1.54, 1.807) is 0 Å². The summed E-state index contributed by atoms with van der Waals surface area (Å²) >= 11 is 0. The van der Waals surface area contributed by atoms with E-state index in [1.165, 1.54) is 14.0 Å². The van der Waals surface area contributed by atoms with Gasteiger partial charge in [-0.15, -0.1) is 0 Å². The van der Waals surface area contributed by atoms with Crippen LogP contribution in [0, 0.1) is 0 Å². The molecular weight excluding hydrogens is 337 g/mol. The van der Waals surface area contributed by atoms with Crippen molar-refractivity contribution in [3.63, 3.8) is 0 Å². The molecule has 1 aliphatic carbocycles. The summed E-state index contributed by atoms with van der Waals surface area (Å²) in [6.45, 7) is 0.00488. The minimum atomic E-state index is -0.929. The van der Waals surface area contributed by atoms with Crippen molar-refractivity contribution in [3.8, 4) is 0 Å². The van der Waals surface area contributed by atoms with E-state index in [0.717, 1.165) is 24.0 Å². The Morgan fingerprint density at radius 3 is 2.35 bits per heavy atom. The molecule has 26 heavy (non-hydrogen) atoms. The summed E-state index contributed by atoms with van der Waals surface area (Å²) < 4.78 is 18.6. The van der Waals surface area contributed by atoms with Crippen molar-refractivity contribution >= 4 is 11.8 Å². The normalized spacial score (nSPS) is 20.1. The van der Waals surface area contributed by atoms with Crippen LogP contribution >= 0.6 is 0 Å². The monoisotopic (exact) mass is 359 g/mol. The molecule has 0 unspecified atom stereocenters. The van der Waals surface area contributed by atoms with Gasteiger partial charge in [0.05, 0.1) is 25.0 Å². The molecule has 1 aromatic carbocycles. The second-order valence-electron chi connectivity index (χ2n) is 6.59. The average Bonchev–Trinajstić information content (AvgIpc) is 3.50.